The Morgan fingerprint density at radius 1 is 1.32 bits per heavy atom. The number of amides is 1. The highest BCUT2D eigenvalue weighted by Gasteiger charge is 2.47. The minimum atomic E-state index is -0.780. The molecule has 0 bridgehead atoms. The van der Waals surface area contributed by atoms with E-state index in [0.29, 0.717) is 45.4 Å². The Labute approximate surface area is 164 Å². The highest BCUT2D eigenvalue weighted by Crippen LogP contribution is 2.39. The molecule has 0 aliphatic carbocycles. The summed E-state index contributed by atoms with van der Waals surface area (Å²) in [5.41, 5.74) is 0.763. The van der Waals surface area contributed by atoms with E-state index in [9.17, 15) is 14.0 Å². The van der Waals surface area contributed by atoms with Crippen molar-refractivity contribution in [3.05, 3.63) is 35.6 Å². The first-order chi connectivity index (χ1) is 13.5. The molecule has 152 valence electrons. The fraction of sp³-hybridized carbons (Fsp3) is 0.571. The number of rotatable bonds is 6. The minimum absolute atomic E-state index is 0.0453. The number of piperidine rings is 1. The molecule has 2 aliphatic rings. The summed E-state index contributed by atoms with van der Waals surface area (Å²) in [5.74, 6) is -0.532. The molecule has 0 spiro atoms. The molecule has 0 unspecified atom stereocenters. The van der Waals surface area contributed by atoms with Gasteiger partial charge in [-0.3, -0.25) is 9.59 Å². The van der Waals surface area contributed by atoms with Crippen molar-refractivity contribution in [1.82, 2.24) is 4.90 Å². The van der Waals surface area contributed by atoms with Crippen LogP contribution in [0.25, 0.3) is 0 Å². The van der Waals surface area contributed by atoms with Gasteiger partial charge in [0.2, 0.25) is 5.91 Å². The van der Waals surface area contributed by atoms with Crippen LogP contribution >= 0.6 is 0 Å². The van der Waals surface area contributed by atoms with Gasteiger partial charge in [0.05, 0.1) is 17.7 Å². The summed E-state index contributed by atoms with van der Waals surface area (Å²) >= 11 is 0. The van der Waals surface area contributed by atoms with Gasteiger partial charge in [0.25, 0.3) is 0 Å². The Hall–Kier alpha value is -2.44. The highest BCUT2D eigenvalue weighted by molar-refractivity contribution is 6.01. The van der Waals surface area contributed by atoms with E-state index < -0.39 is 5.41 Å². The summed E-state index contributed by atoms with van der Waals surface area (Å²) in [6.07, 6.45) is 2.52. The van der Waals surface area contributed by atoms with Crippen molar-refractivity contribution in [2.24, 2.45) is 10.6 Å². The van der Waals surface area contributed by atoms with E-state index in [-0.39, 0.29) is 23.8 Å². The average molecular weight is 390 g/mol. The van der Waals surface area contributed by atoms with Gasteiger partial charge in [-0.2, -0.15) is 0 Å². The van der Waals surface area contributed by atoms with Gasteiger partial charge < -0.3 is 14.5 Å². The lowest BCUT2D eigenvalue weighted by atomic mass is 9.74. The molecule has 7 heteroatoms. The van der Waals surface area contributed by atoms with Crippen LogP contribution in [0.1, 0.15) is 51.5 Å². The van der Waals surface area contributed by atoms with Gasteiger partial charge in [0.1, 0.15) is 11.9 Å². The summed E-state index contributed by atoms with van der Waals surface area (Å²) in [4.78, 5) is 32.5. The summed E-state index contributed by atoms with van der Waals surface area (Å²) in [6, 6.07) is 6.12. The first-order valence-corrected chi connectivity index (χ1v) is 9.91. The Balaban J connectivity index is 1.73. The Kier molecular flexibility index (Phi) is 6.31. The van der Waals surface area contributed by atoms with Gasteiger partial charge in [0, 0.05) is 32.4 Å². The van der Waals surface area contributed by atoms with E-state index >= 15 is 0 Å². The summed E-state index contributed by atoms with van der Waals surface area (Å²) < 4.78 is 18.5. The number of nitrogens with zero attached hydrogens (tertiary/aromatic N) is 2. The van der Waals surface area contributed by atoms with Crippen molar-refractivity contribution in [3.8, 4) is 0 Å². The van der Waals surface area contributed by atoms with Crippen molar-refractivity contribution < 1.29 is 23.6 Å². The minimum Gasteiger partial charge on any atom is -0.466 e. The van der Waals surface area contributed by atoms with E-state index in [4.69, 9.17) is 9.57 Å². The van der Waals surface area contributed by atoms with Crippen LogP contribution in [0.5, 0.6) is 0 Å². The van der Waals surface area contributed by atoms with Gasteiger partial charge in [-0.1, -0.05) is 24.2 Å². The Bertz CT molecular complexity index is 749. The van der Waals surface area contributed by atoms with E-state index in [1.54, 1.807) is 24.0 Å². The molecule has 3 rings (SSSR count). The normalized spacial score (nSPS) is 24.5. The molecule has 1 aromatic carbocycles. The molecule has 0 aromatic heterocycles. The number of carbonyl (C=O) groups is 2. The van der Waals surface area contributed by atoms with E-state index in [2.05, 4.69) is 5.16 Å². The third-order valence-electron chi connectivity index (χ3n) is 5.47. The van der Waals surface area contributed by atoms with Crippen LogP contribution in [0.2, 0.25) is 0 Å². The van der Waals surface area contributed by atoms with Crippen molar-refractivity contribution >= 4 is 17.6 Å². The Morgan fingerprint density at radius 2 is 2.07 bits per heavy atom. The van der Waals surface area contributed by atoms with Crippen LogP contribution in [-0.2, 0) is 19.2 Å². The number of hydrogen-bond donors (Lipinski definition) is 0. The monoisotopic (exact) mass is 390 g/mol. The smallest absolute Gasteiger partial charge is 0.314 e. The molecule has 2 aliphatic heterocycles. The summed E-state index contributed by atoms with van der Waals surface area (Å²) in [5, 5.41) is 4.15. The van der Waals surface area contributed by atoms with E-state index in [0.717, 1.165) is 17.7 Å². The fourth-order valence-electron chi connectivity index (χ4n) is 4.06. The first-order valence-electron chi connectivity index (χ1n) is 9.91. The van der Waals surface area contributed by atoms with Crippen LogP contribution in [0.4, 0.5) is 4.39 Å². The molecular weight excluding hydrogens is 363 g/mol. The third kappa shape index (κ3) is 4.34. The van der Waals surface area contributed by atoms with Crippen LogP contribution < -0.4 is 0 Å². The van der Waals surface area contributed by atoms with Crippen LogP contribution in [0, 0.1) is 11.2 Å². The quantitative estimate of drug-likeness (QED) is 0.699. The van der Waals surface area contributed by atoms with Crippen molar-refractivity contribution in [1.29, 1.82) is 0 Å². The second-order valence-electron chi connectivity index (χ2n) is 7.45. The van der Waals surface area contributed by atoms with Crippen molar-refractivity contribution in [2.75, 3.05) is 19.7 Å². The number of benzene rings is 1. The number of esters is 1. The average Bonchev–Trinajstić information content (AvgIpc) is 3.16. The third-order valence-corrected chi connectivity index (χ3v) is 5.47. The first kappa shape index (κ1) is 20.3. The molecule has 1 amide bonds. The van der Waals surface area contributed by atoms with Gasteiger partial charge in [-0.05, 0) is 37.5 Å². The highest BCUT2D eigenvalue weighted by atomic mass is 19.1. The second-order valence-corrected chi connectivity index (χ2v) is 7.45. The maximum Gasteiger partial charge on any atom is 0.314 e. The van der Waals surface area contributed by atoms with Gasteiger partial charge >= 0.3 is 5.97 Å². The fourth-order valence-corrected chi connectivity index (χ4v) is 4.06. The number of hydrogen-bond acceptors (Lipinski definition) is 5. The summed E-state index contributed by atoms with van der Waals surface area (Å²) in [6.45, 7) is 4.92. The molecule has 6 nitrogen and oxygen atoms in total. The van der Waals surface area contributed by atoms with Gasteiger partial charge in [-0.15, -0.1) is 0 Å². The lowest BCUT2D eigenvalue weighted by Crippen LogP contribution is -2.51. The molecule has 0 saturated carbocycles. The number of halogens is 1. The van der Waals surface area contributed by atoms with Crippen LogP contribution in [-0.4, -0.2) is 48.3 Å². The molecule has 2 atom stereocenters. The number of oxime groups is 1. The lowest BCUT2D eigenvalue weighted by molar-refractivity contribution is -0.163. The Morgan fingerprint density at radius 3 is 2.75 bits per heavy atom. The van der Waals surface area contributed by atoms with E-state index in [1.165, 1.54) is 12.1 Å². The second kappa shape index (κ2) is 8.71. The molecule has 28 heavy (non-hydrogen) atoms. The number of ether oxygens (including phenoxy) is 1. The topological polar surface area (TPSA) is 68.2 Å². The maximum atomic E-state index is 13.1. The zero-order valence-electron chi connectivity index (χ0n) is 16.4. The molecule has 0 N–H and O–H groups in total. The number of likely N-dealkylation sites (tertiary alicyclic amines) is 1. The largest absolute Gasteiger partial charge is 0.466 e. The molecule has 1 aromatic rings. The van der Waals surface area contributed by atoms with Crippen LogP contribution in [0.15, 0.2) is 29.4 Å². The SMILES string of the molecule is CCOC(=O)[C@@]1(C[C@H]2CC(c3ccc(F)cc3)=NO2)CCCN(C(=O)CC)C1. The van der Waals surface area contributed by atoms with Crippen molar-refractivity contribution in [2.45, 2.75) is 52.1 Å². The molecule has 2 heterocycles. The van der Waals surface area contributed by atoms with E-state index in [1.807, 2.05) is 6.92 Å². The zero-order valence-corrected chi connectivity index (χ0v) is 16.4. The van der Waals surface area contributed by atoms with Gasteiger partial charge in [0.15, 0.2) is 0 Å². The molecule has 0 radical (unpaired) electrons. The predicted molar refractivity (Wildman–Crippen MR) is 102 cm³/mol. The lowest BCUT2D eigenvalue weighted by Gasteiger charge is -2.41. The predicted octanol–water partition coefficient (Wildman–Crippen LogP) is 3.29. The molecular formula is C21H27FN2O4. The van der Waals surface area contributed by atoms with Crippen LogP contribution in [0.3, 0.4) is 0 Å². The summed E-state index contributed by atoms with van der Waals surface area (Å²) in [7, 11) is 0. The zero-order chi connectivity index (χ0) is 20.1. The number of carbonyl (C=O) groups excluding carboxylic acids is 2. The van der Waals surface area contributed by atoms with Crippen molar-refractivity contribution in [3.63, 3.8) is 0 Å². The standard InChI is InChI=1S/C21H27FN2O4/c1-3-19(25)24-11-5-10-21(14-24,20(26)27-4-2)13-17-12-18(23-28-17)15-6-8-16(22)9-7-15/h6-9,17H,3-5,10-14H2,1-2H3/t17-,21-/m1/s1. The maximum absolute atomic E-state index is 13.1. The molecule has 1 fully saturated rings. The van der Waals surface area contributed by atoms with Gasteiger partial charge in [-0.25, -0.2) is 4.39 Å². The molecule has 1 saturated heterocycles.